The summed E-state index contributed by atoms with van der Waals surface area (Å²) < 4.78 is 11.2. The van der Waals surface area contributed by atoms with E-state index in [1.807, 2.05) is 61.2 Å². The molecule has 0 radical (unpaired) electrons. The predicted octanol–water partition coefficient (Wildman–Crippen LogP) is 4.65. The average Bonchev–Trinajstić information content (AvgIpc) is 2.90. The first-order chi connectivity index (χ1) is 12.1. The summed E-state index contributed by atoms with van der Waals surface area (Å²) in [5.74, 6) is 1.23. The van der Waals surface area contributed by atoms with E-state index in [0.717, 1.165) is 46.4 Å². The molecule has 1 saturated heterocycles. The zero-order valence-corrected chi connectivity index (χ0v) is 14.7. The number of furan rings is 1. The van der Waals surface area contributed by atoms with E-state index in [2.05, 4.69) is 0 Å². The second-order valence-corrected chi connectivity index (χ2v) is 6.64. The highest BCUT2D eigenvalue weighted by atomic mass is 16.5. The summed E-state index contributed by atoms with van der Waals surface area (Å²) in [6, 6.07) is 14.1. The van der Waals surface area contributed by atoms with Crippen molar-refractivity contribution in [3.8, 4) is 5.75 Å². The van der Waals surface area contributed by atoms with Crippen LogP contribution in [0, 0.1) is 13.8 Å². The van der Waals surface area contributed by atoms with E-state index in [-0.39, 0.29) is 11.9 Å². The van der Waals surface area contributed by atoms with Crippen LogP contribution in [0.1, 0.15) is 39.7 Å². The van der Waals surface area contributed by atoms with Gasteiger partial charge in [-0.3, -0.25) is 4.79 Å². The van der Waals surface area contributed by atoms with Gasteiger partial charge in [0.2, 0.25) is 0 Å². The molecule has 1 atom stereocenters. The number of nitrogens with zero attached hydrogens (tertiary/aromatic N) is 1. The molecule has 0 aliphatic carbocycles. The number of ether oxygens (including phenoxy) is 1. The minimum absolute atomic E-state index is 0.0366. The number of methoxy groups -OCH3 is 1. The predicted molar refractivity (Wildman–Crippen MR) is 97.1 cm³/mol. The third-order valence-electron chi connectivity index (χ3n) is 5.05. The van der Waals surface area contributed by atoms with Gasteiger partial charge in [0.25, 0.3) is 5.91 Å². The van der Waals surface area contributed by atoms with E-state index in [4.69, 9.17) is 9.15 Å². The van der Waals surface area contributed by atoms with Crippen molar-refractivity contribution in [3.63, 3.8) is 0 Å². The molecule has 0 N–H and O–H groups in total. The lowest BCUT2D eigenvalue weighted by Gasteiger charge is -2.41. The molecule has 0 saturated carbocycles. The van der Waals surface area contributed by atoms with Gasteiger partial charge in [0.15, 0.2) is 5.76 Å². The highest BCUT2D eigenvalue weighted by molar-refractivity contribution is 5.99. The molecule has 1 fully saturated rings. The number of likely N-dealkylation sites (tertiary alicyclic amines) is 1. The fourth-order valence-electron chi connectivity index (χ4n) is 3.49. The van der Waals surface area contributed by atoms with E-state index in [1.165, 1.54) is 0 Å². The molecule has 3 aromatic rings. The van der Waals surface area contributed by atoms with Crippen molar-refractivity contribution in [3.05, 3.63) is 64.9 Å². The Kier molecular flexibility index (Phi) is 3.75. The molecule has 0 unspecified atom stereocenters. The van der Waals surface area contributed by atoms with E-state index in [9.17, 15) is 4.79 Å². The van der Waals surface area contributed by atoms with Crippen molar-refractivity contribution >= 4 is 16.9 Å². The van der Waals surface area contributed by atoms with Crippen LogP contribution in [0.5, 0.6) is 5.75 Å². The van der Waals surface area contributed by atoms with Gasteiger partial charge in [-0.2, -0.15) is 0 Å². The molecule has 128 valence electrons. The lowest BCUT2D eigenvalue weighted by atomic mass is 9.94. The molecule has 2 aromatic carbocycles. The normalized spacial score (nSPS) is 16.8. The van der Waals surface area contributed by atoms with Crippen LogP contribution in [-0.4, -0.2) is 24.5 Å². The molecule has 0 spiro atoms. The van der Waals surface area contributed by atoms with Crippen LogP contribution in [0.25, 0.3) is 11.0 Å². The third-order valence-corrected chi connectivity index (χ3v) is 5.05. The summed E-state index contributed by atoms with van der Waals surface area (Å²) >= 11 is 0. The molecular formula is C21H21NO3. The maximum Gasteiger partial charge on any atom is 0.290 e. The molecule has 1 amide bonds. The van der Waals surface area contributed by atoms with Crippen molar-refractivity contribution in [2.45, 2.75) is 26.3 Å². The highest BCUT2D eigenvalue weighted by Crippen LogP contribution is 2.37. The average molecular weight is 335 g/mol. The molecule has 2 heterocycles. The van der Waals surface area contributed by atoms with Gasteiger partial charge in [0.05, 0.1) is 13.2 Å². The zero-order valence-electron chi connectivity index (χ0n) is 14.7. The van der Waals surface area contributed by atoms with E-state index < -0.39 is 0 Å². The number of hydrogen-bond donors (Lipinski definition) is 0. The number of carbonyl (C=O) groups excluding carboxylic acids is 1. The second kappa shape index (κ2) is 5.96. The van der Waals surface area contributed by atoms with E-state index >= 15 is 0 Å². The Labute approximate surface area is 147 Å². The summed E-state index contributed by atoms with van der Waals surface area (Å²) in [6.07, 6.45) is 0.956. The minimum Gasteiger partial charge on any atom is -0.497 e. The van der Waals surface area contributed by atoms with Crippen LogP contribution >= 0.6 is 0 Å². The van der Waals surface area contributed by atoms with Gasteiger partial charge in [0, 0.05) is 17.5 Å². The summed E-state index contributed by atoms with van der Waals surface area (Å²) in [5, 5.41) is 1.01. The van der Waals surface area contributed by atoms with Gasteiger partial charge in [-0.15, -0.1) is 0 Å². The summed E-state index contributed by atoms with van der Waals surface area (Å²) in [7, 11) is 1.66. The van der Waals surface area contributed by atoms with E-state index in [1.54, 1.807) is 7.11 Å². The molecule has 0 bridgehead atoms. The number of rotatable bonds is 3. The molecule has 4 nitrogen and oxygen atoms in total. The lowest BCUT2D eigenvalue weighted by Crippen LogP contribution is -2.45. The Morgan fingerprint density at radius 3 is 2.76 bits per heavy atom. The number of amides is 1. The van der Waals surface area contributed by atoms with Gasteiger partial charge >= 0.3 is 0 Å². The number of aryl methyl sites for hydroxylation is 2. The fraction of sp³-hybridized carbons (Fsp3) is 0.286. The van der Waals surface area contributed by atoms with Gasteiger partial charge in [-0.05, 0) is 49.6 Å². The molecule has 4 rings (SSSR count). The molecule has 25 heavy (non-hydrogen) atoms. The van der Waals surface area contributed by atoms with E-state index in [0.29, 0.717) is 5.76 Å². The Bertz CT molecular complexity index is 957. The number of hydrogen-bond acceptors (Lipinski definition) is 3. The van der Waals surface area contributed by atoms with Crippen LogP contribution in [0.4, 0.5) is 0 Å². The number of benzene rings is 2. The first-order valence-electron chi connectivity index (χ1n) is 8.53. The largest absolute Gasteiger partial charge is 0.497 e. The number of carbonyl (C=O) groups is 1. The quantitative estimate of drug-likeness (QED) is 0.700. The van der Waals surface area contributed by atoms with Gasteiger partial charge < -0.3 is 14.1 Å². The lowest BCUT2D eigenvalue weighted by molar-refractivity contribution is 0.0428. The summed E-state index contributed by atoms with van der Waals surface area (Å²) in [6.45, 7) is 4.72. The highest BCUT2D eigenvalue weighted by Gasteiger charge is 2.36. The molecule has 1 aromatic heterocycles. The topological polar surface area (TPSA) is 42.7 Å². The van der Waals surface area contributed by atoms with Crippen LogP contribution in [0.15, 0.2) is 46.9 Å². The van der Waals surface area contributed by atoms with Crippen LogP contribution in [0.2, 0.25) is 0 Å². The van der Waals surface area contributed by atoms with Crippen molar-refractivity contribution in [1.29, 1.82) is 0 Å². The second-order valence-electron chi connectivity index (χ2n) is 6.64. The zero-order chi connectivity index (χ0) is 17.6. The van der Waals surface area contributed by atoms with Crippen molar-refractivity contribution < 1.29 is 13.9 Å². The first-order valence-corrected chi connectivity index (χ1v) is 8.53. The maximum atomic E-state index is 13.0. The molecular weight excluding hydrogens is 314 g/mol. The maximum absolute atomic E-state index is 13.0. The third kappa shape index (κ3) is 2.58. The minimum atomic E-state index is -0.0366. The summed E-state index contributed by atoms with van der Waals surface area (Å²) in [4.78, 5) is 14.9. The first kappa shape index (κ1) is 15.8. The molecule has 1 aliphatic rings. The summed E-state index contributed by atoms with van der Waals surface area (Å²) in [5.41, 5.74) is 3.91. The van der Waals surface area contributed by atoms with Crippen molar-refractivity contribution in [1.82, 2.24) is 4.90 Å². The molecule has 1 aliphatic heterocycles. The van der Waals surface area contributed by atoms with Crippen LogP contribution in [0.3, 0.4) is 0 Å². The Balaban J connectivity index is 1.66. The Hall–Kier alpha value is -2.75. The Morgan fingerprint density at radius 1 is 1.20 bits per heavy atom. The SMILES string of the molecule is COc1cccc([C@@H]2CCN2C(=O)c2oc3cc(C)ccc3c2C)c1. The monoisotopic (exact) mass is 335 g/mol. The Morgan fingerprint density at radius 2 is 2.04 bits per heavy atom. The van der Waals surface area contributed by atoms with Gasteiger partial charge in [0.1, 0.15) is 11.3 Å². The molecule has 4 heteroatoms. The number of fused-ring (bicyclic) bond motifs is 1. The standard InChI is InChI=1S/C21H21NO3/c1-13-7-8-17-14(2)20(25-19(17)11-13)21(23)22-10-9-18(22)15-5-4-6-16(12-15)24-3/h4-8,11-12,18H,9-10H2,1-3H3/t18-/m0/s1. The fourth-order valence-corrected chi connectivity index (χ4v) is 3.49. The smallest absolute Gasteiger partial charge is 0.290 e. The van der Waals surface area contributed by atoms with Gasteiger partial charge in [-0.1, -0.05) is 24.3 Å². The van der Waals surface area contributed by atoms with Crippen LogP contribution in [-0.2, 0) is 0 Å². The van der Waals surface area contributed by atoms with Crippen molar-refractivity contribution in [2.75, 3.05) is 13.7 Å². The van der Waals surface area contributed by atoms with Crippen LogP contribution < -0.4 is 4.74 Å². The van der Waals surface area contributed by atoms with Crippen molar-refractivity contribution in [2.24, 2.45) is 0 Å². The van der Waals surface area contributed by atoms with Gasteiger partial charge in [-0.25, -0.2) is 0 Å².